The minimum atomic E-state index is 0.658. The number of anilines is 1. The molecule has 0 radical (unpaired) electrons. The predicted molar refractivity (Wildman–Crippen MR) is 81.1 cm³/mol. The molecule has 2 aromatic rings. The maximum absolute atomic E-state index is 5.40. The van der Waals surface area contributed by atoms with E-state index in [2.05, 4.69) is 51.7 Å². The fraction of sp³-hybridized carbons (Fsp3) is 0.312. The third kappa shape index (κ3) is 2.98. The number of pyridine rings is 1. The summed E-state index contributed by atoms with van der Waals surface area (Å²) in [6, 6.07) is 14.9. The molecule has 20 heavy (non-hydrogen) atoms. The second-order valence-corrected chi connectivity index (χ2v) is 5.33. The Morgan fingerprint density at radius 2 is 2.10 bits per heavy atom. The second kappa shape index (κ2) is 6.03. The molecule has 1 unspecified atom stereocenters. The van der Waals surface area contributed by atoms with Gasteiger partial charge in [-0.3, -0.25) is 4.90 Å². The molecule has 2 heterocycles. The molecule has 1 aromatic carbocycles. The van der Waals surface area contributed by atoms with Gasteiger partial charge in [0.2, 0.25) is 0 Å². The van der Waals surface area contributed by atoms with Gasteiger partial charge in [-0.25, -0.2) is 10.8 Å². The number of nitrogens with one attached hydrogen (secondary N) is 1. The van der Waals surface area contributed by atoms with Crippen LogP contribution in [0.3, 0.4) is 0 Å². The Kier molecular flexibility index (Phi) is 3.95. The van der Waals surface area contributed by atoms with Crippen LogP contribution < -0.4 is 11.3 Å². The van der Waals surface area contributed by atoms with Crippen molar-refractivity contribution in [3.8, 4) is 0 Å². The van der Waals surface area contributed by atoms with E-state index < -0.39 is 0 Å². The lowest BCUT2D eigenvalue weighted by molar-refractivity contribution is 0.327. The molecule has 1 saturated heterocycles. The first-order valence-electron chi connectivity index (χ1n) is 7.04. The highest BCUT2D eigenvalue weighted by Gasteiger charge is 2.23. The molecule has 0 saturated carbocycles. The fourth-order valence-electron chi connectivity index (χ4n) is 2.88. The fourth-order valence-corrected chi connectivity index (χ4v) is 2.88. The van der Waals surface area contributed by atoms with Gasteiger partial charge >= 0.3 is 0 Å². The van der Waals surface area contributed by atoms with Gasteiger partial charge in [-0.15, -0.1) is 0 Å². The number of hydrogen-bond acceptors (Lipinski definition) is 4. The Morgan fingerprint density at radius 3 is 2.90 bits per heavy atom. The van der Waals surface area contributed by atoms with Crippen molar-refractivity contribution in [2.24, 2.45) is 5.84 Å². The van der Waals surface area contributed by atoms with E-state index in [4.69, 9.17) is 5.84 Å². The summed E-state index contributed by atoms with van der Waals surface area (Å²) in [7, 11) is 0. The number of aromatic nitrogens is 1. The van der Waals surface area contributed by atoms with Crippen LogP contribution in [0, 0.1) is 0 Å². The van der Waals surface area contributed by atoms with Crippen molar-refractivity contribution in [2.75, 3.05) is 18.5 Å². The highest BCUT2D eigenvalue weighted by Crippen LogP contribution is 2.27. The molecule has 1 fully saturated rings. The van der Waals surface area contributed by atoms with Crippen LogP contribution in [-0.2, 0) is 6.54 Å². The predicted octanol–water partition coefficient (Wildman–Crippen LogP) is 2.36. The van der Waals surface area contributed by atoms with Crippen molar-refractivity contribution < 1.29 is 0 Å². The molecule has 4 heteroatoms. The van der Waals surface area contributed by atoms with E-state index in [9.17, 15) is 0 Å². The van der Waals surface area contributed by atoms with E-state index in [-0.39, 0.29) is 0 Å². The molecule has 4 nitrogen and oxygen atoms in total. The van der Waals surface area contributed by atoms with Crippen LogP contribution in [0.15, 0.2) is 48.7 Å². The first kappa shape index (κ1) is 13.1. The van der Waals surface area contributed by atoms with Crippen LogP contribution >= 0.6 is 0 Å². The van der Waals surface area contributed by atoms with Gasteiger partial charge in [0.05, 0.1) is 0 Å². The van der Waals surface area contributed by atoms with Gasteiger partial charge in [0, 0.05) is 19.3 Å². The van der Waals surface area contributed by atoms with E-state index in [1.165, 1.54) is 17.5 Å². The number of benzene rings is 1. The van der Waals surface area contributed by atoms with E-state index in [1.807, 2.05) is 6.07 Å². The minimum absolute atomic E-state index is 0.658. The molecule has 0 aliphatic carbocycles. The average molecular weight is 268 g/mol. The number of nitrogens with zero attached hydrogens (tertiary/aromatic N) is 2. The zero-order valence-corrected chi connectivity index (χ0v) is 11.5. The lowest BCUT2D eigenvalue weighted by Gasteiger charge is -2.16. The van der Waals surface area contributed by atoms with Crippen molar-refractivity contribution in [1.29, 1.82) is 0 Å². The number of rotatable bonds is 4. The molecule has 1 atom stereocenters. The summed E-state index contributed by atoms with van der Waals surface area (Å²) in [5, 5.41) is 0. The van der Waals surface area contributed by atoms with Gasteiger partial charge in [-0.05, 0) is 42.1 Å². The summed E-state index contributed by atoms with van der Waals surface area (Å²) < 4.78 is 0. The average Bonchev–Trinajstić information content (AvgIpc) is 2.97. The monoisotopic (exact) mass is 268 g/mol. The van der Waals surface area contributed by atoms with Crippen LogP contribution in [0.5, 0.6) is 0 Å². The maximum Gasteiger partial charge on any atom is 0.140 e. The first-order chi connectivity index (χ1) is 9.85. The van der Waals surface area contributed by atoms with Gasteiger partial charge in [0.1, 0.15) is 5.82 Å². The molecular formula is C16H20N4. The van der Waals surface area contributed by atoms with Gasteiger partial charge in [0.25, 0.3) is 0 Å². The lowest BCUT2D eigenvalue weighted by Crippen LogP contribution is -2.20. The highest BCUT2D eigenvalue weighted by atomic mass is 15.2. The molecule has 3 N–H and O–H groups in total. The van der Waals surface area contributed by atoms with Crippen LogP contribution in [-0.4, -0.2) is 23.0 Å². The molecule has 0 spiro atoms. The Bertz CT molecular complexity index is 555. The largest absolute Gasteiger partial charge is 0.308 e. The minimum Gasteiger partial charge on any atom is -0.308 e. The summed E-state index contributed by atoms with van der Waals surface area (Å²) in [6.45, 7) is 3.23. The number of nitrogens with two attached hydrogens (primary N) is 1. The Labute approximate surface area is 119 Å². The van der Waals surface area contributed by atoms with E-state index in [0.29, 0.717) is 5.92 Å². The van der Waals surface area contributed by atoms with Crippen molar-refractivity contribution in [3.05, 3.63) is 59.8 Å². The summed E-state index contributed by atoms with van der Waals surface area (Å²) in [4.78, 5) is 6.63. The summed E-state index contributed by atoms with van der Waals surface area (Å²) in [5.41, 5.74) is 5.30. The standard InChI is InChI=1S/C16H20N4/c17-19-16-10-13(6-8-18-16)11-20-9-7-15(12-20)14-4-2-1-3-5-14/h1-6,8,10,15H,7,9,11-12,17H2,(H,18,19). The van der Waals surface area contributed by atoms with Crippen molar-refractivity contribution >= 4 is 5.82 Å². The molecule has 1 aliphatic rings. The zero-order chi connectivity index (χ0) is 13.8. The summed E-state index contributed by atoms with van der Waals surface area (Å²) >= 11 is 0. The van der Waals surface area contributed by atoms with Gasteiger partial charge in [-0.2, -0.15) is 0 Å². The zero-order valence-electron chi connectivity index (χ0n) is 11.5. The molecule has 1 aliphatic heterocycles. The smallest absolute Gasteiger partial charge is 0.140 e. The van der Waals surface area contributed by atoms with E-state index in [1.54, 1.807) is 6.20 Å². The third-order valence-electron chi connectivity index (χ3n) is 3.92. The molecule has 0 amide bonds. The number of hydrogen-bond donors (Lipinski definition) is 2. The number of hydrazine groups is 1. The summed E-state index contributed by atoms with van der Waals surface area (Å²) in [6.07, 6.45) is 3.03. The topological polar surface area (TPSA) is 54.2 Å². The van der Waals surface area contributed by atoms with Gasteiger partial charge < -0.3 is 5.43 Å². The number of nitrogen functional groups attached to an aromatic ring is 1. The number of likely N-dealkylation sites (tertiary alicyclic amines) is 1. The summed E-state index contributed by atoms with van der Waals surface area (Å²) in [5.74, 6) is 6.78. The third-order valence-corrected chi connectivity index (χ3v) is 3.92. The Morgan fingerprint density at radius 1 is 1.25 bits per heavy atom. The van der Waals surface area contributed by atoms with Gasteiger partial charge in [0.15, 0.2) is 0 Å². The molecular weight excluding hydrogens is 248 g/mol. The first-order valence-corrected chi connectivity index (χ1v) is 7.04. The molecule has 1 aromatic heterocycles. The van der Waals surface area contributed by atoms with E-state index >= 15 is 0 Å². The lowest BCUT2D eigenvalue weighted by atomic mass is 9.99. The van der Waals surface area contributed by atoms with Crippen LogP contribution in [0.25, 0.3) is 0 Å². The molecule has 3 rings (SSSR count). The quantitative estimate of drug-likeness (QED) is 0.660. The molecule has 104 valence electrons. The van der Waals surface area contributed by atoms with Crippen molar-refractivity contribution in [3.63, 3.8) is 0 Å². The highest BCUT2D eigenvalue weighted by molar-refractivity contribution is 5.36. The van der Waals surface area contributed by atoms with Crippen LogP contribution in [0.4, 0.5) is 5.82 Å². The maximum atomic E-state index is 5.40. The SMILES string of the molecule is NNc1cc(CN2CCC(c3ccccc3)C2)ccn1. The van der Waals surface area contributed by atoms with E-state index in [0.717, 1.165) is 25.5 Å². The Hall–Kier alpha value is -1.91. The van der Waals surface area contributed by atoms with Crippen molar-refractivity contribution in [1.82, 2.24) is 9.88 Å². The van der Waals surface area contributed by atoms with Crippen LogP contribution in [0.1, 0.15) is 23.5 Å². The van der Waals surface area contributed by atoms with Gasteiger partial charge in [-0.1, -0.05) is 30.3 Å². The second-order valence-electron chi connectivity index (χ2n) is 5.33. The van der Waals surface area contributed by atoms with Crippen LogP contribution in [0.2, 0.25) is 0 Å². The Balaban J connectivity index is 1.63. The van der Waals surface area contributed by atoms with Crippen molar-refractivity contribution in [2.45, 2.75) is 18.9 Å². The molecule has 0 bridgehead atoms. The normalized spacial score (nSPS) is 19.1.